The zero-order chi connectivity index (χ0) is 13.2. The van der Waals surface area contributed by atoms with Crippen molar-refractivity contribution >= 4 is 11.3 Å². The smallest absolute Gasteiger partial charge is 0.196 e. The van der Waals surface area contributed by atoms with E-state index in [1.165, 1.54) is 0 Å². The molecule has 0 aliphatic carbocycles. The Morgan fingerprint density at radius 3 is 2.72 bits per heavy atom. The zero-order valence-electron chi connectivity index (χ0n) is 11.3. The molecule has 5 heteroatoms. The van der Waals surface area contributed by atoms with Crippen molar-refractivity contribution < 1.29 is 4.42 Å². The largest absolute Gasteiger partial charge is 0.440 e. The second-order valence-electron chi connectivity index (χ2n) is 5.31. The van der Waals surface area contributed by atoms with E-state index < -0.39 is 0 Å². The van der Waals surface area contributed by atoms with E-state index in [0.29, 0.717) is 0 Å². The van der Waals surface area contributed by atoms with Gasteiger partial charge in [0.2, 0.25) is 0 Å². The van der Waals surface area contributed by atoms with Gasteiger partial charge in [-0.2, -0.15) is 0 Å². The average Bonchev–Trinajstić information content (AvgIpc) is 2.84. The number of aromatic nitrogens is 2. The minimum absolute atomic E-state index is 0.129. The summed E-state index contributed by atoms with van der Waals surface area (Å²) in [6, 6.07) is 0. The lowest BCUT2D eigenvalue weighted by Crippen LogP contribution is -2.37. The Labute approximate surface area is 111 Å². The minimum Gasteiger partial charge on any atom is -0.440 e. The van der Waals surface area contributed by atoms with Gasteiger partial charge in [-0.3, -0.25) is 0 Å². The number of oxazole rings is 1. The molecular weight excluding hydrogens is 246 g/mol. The highest BCUT2D eigenvalue weighted by Gasteiger charge is 2.12. The fraction of sp³-hybridized carbons (Fsp3) is 0.538. The van der Waals surface area contributed by atoms with Gasteiger partial charge in [0.15, 0.2) is 11.7 Å². The van der Waals surface area contributed by atoms with Crippen molar-refractivity contribution in [1.82, 2.24) is 15.3 Å². The molecule has 2 aromatic rings. The summed E-state index contributed by atoms with van der Waals surface area (Å²) in [5.41, 5.74) is 2.95. The van der Waals surface area contributed by atoms with Crippen LogP contribution in [0.4, 0.5) is 0 Å². The van der Waals surface area contributed by atoms with Crippen LogP contribution >= 0.6 is 11.3 Å². The molecule has 0 fully saturated rings. The van der Waals surface area contributed by atoms with Crippen LogP contribution in [0, 0.1) is 6.92 Å². The molecule has 2 heterocycles. The maximum absolute atomic E-state index is 5.74. The molecule has 1 N–H and O–H groups in total. The molecule has 98 valence electrons. The van der Waals surface area contributed by atoms with Gasteiger partial charge in [0, 0.05) is 18.5 Å². The van der Waals surface area contributed by atoms with Gasteiger partial charge < -0.3 is 9.73 Å². The first kappa shape index (κ1) is 13.2. The van der Waals surface area contributed by atoms with Gasteiger partial charge in [0.1, 0.15) is 0 Å². The number of nitrogens with zero attached hydrogens (tertiary/aromatic N) is 2. The van der Waals surface area contributed by atoms with E-state index in [1.54, 1.807) is 17.5 Å². The standard InChI is InChI=1S/C13H19N3OS/c1-9-12(18-8-15-9)10-7-14-11(17-10)5-6-16-13(2,3)4/h7-8,16H,5-6H2,1-4H3. The molecule has 2 rings (SSSR count). The first-order chi connectivity index (χ1) is 8.46. The van der Waals surface area contributed by atoms with Crippen molar-refractivity contribution in [2.45, 2.75) is 39.7 Å². The summed E-state index contributed by atoms with van der Waals surface area (Å²) in [7, 11) is 0. The third-order valence-electron chi connectivity index (χ3n) is 2.52. The van der Waals surface area contributed by atoms with Crippen molar-refractivity contribution in [2.75, 3.05) is 6.54 Å². The maximum atomic E-state index is 5.74. The van der Waals surface area contributed by atoms with Gasteiger partial charge in [-0.1, -0.05) is 0 Å². The number of rotatable bonds is 4. The number of nitrogens with one attached hydrogen (secondary N) is 1. The summed E-state index contributed by atoms with van der Waals surface area (Å²) in [4.78, 5) is 9.59. The van der Waals surface area contributed by atoms with Gasteiger partial charge in [-0.25, -0.2) is 9.97 Å². The lowest BCUT2D eigenvalue weighted by molar-refractivity contribution is 0.412. The molecule has 4 nitrogen and oxygen atoms in total. The summed E-state index contributed by atoms with van der Waals surface area (Å²) in [5, 5.41) is 3.42. The maximum Gasteiger partial charge on any atom is 0.196 e. The van der Waals surface area contributed by atoms with Gasteiger partial charge in [0.25, 0.3) is 0 Å². The second-order valence-corrected chi connectivity index (χ2v) is 6.17. The summed E-state index contributed by atoms with van der Waals surface area (Å²) in [6.45, 7) is 9.29. The predicted octanol–water partition coefficient (Wildman–Crippen LogP) is 3.04. The van der Waals surface area contributed by atoms with Gasteiger partial charge >= 0.3 is 0 Å². The van der Waals surface area contributed by atoms with Crippen molar-refractivity contribution in [2.24, 2.45) is 0 Å². The molecule has 2 aromatic heterocycles. The molecule has 0 atom stereocenters. The Hall–Kier alpha value is -1.20. The molecule has 0 saturated heterocycles. The fourth-order valence-electron chi connectivity index (χ4n) is 1.61. The van der Waals surface area contributed by atoms with Crippen LogP contribution in [0.5, 0.6) is 0 Å². The summed E-state index contributed by atoms with van der Waals surface area (Å²) in [5.74, 6) is 1.59. The molecular formula is C13H19N3OS. The highest BCUT2D eigenvalue weighted by molar-refractivity contribution is 7.13. The van der Waals surface area contributed by atoms with Gasteiger partial charge in [0.05, 0.1) is 22.3 Å². The first-order valence-corrected chi connectivity index (χ1v) is 6.94. The van der Waals surface area contributed by atoms with Crippen LogP contribution in [-0.4, -0.2) is 22.1 Å². The van der Waals surface area contributed by atoms with Crippen LogP contribution in [0.2, 0.25) is 0 Å². The van der Waals surface area contributed by atoms with E-state index in [4.69, 9.17) is 4.42 Å². The lowest BCUT2D eigenvalue weighted by Gasteiger charge is -2.19. The van der Waals surface area contributed by atoms with E-state index in [1.807, 2.05) is 12.4 Å². The van der Waals surface area contributed by atoms with Crippen LogP contribution in [0.1, 0.15) is 32.4 Å². The SMILES string of the molecule is Cc1ncsc1-c1cnc(CCNC(C)(C)C)o1. The Kier molecular flexibility index (Phi) is 3.82. The molecule has 0 saturated carbocycles. The van der Waals surface area contributed by atoms with Crippen LogP contribution < -0.4 is 5.32 Å². The van der Waals surface area contributed by atoms with E-state index in [0.717, 1.165) is 35.2 Å². The molecule has 0 radical (unpaired) electrons. The summed E-state index contributed by atoms with van der Waals surface area (Å²) < 4.78 is 5.74. The Morgan fingerprint density at radius 2 is 2.11 bits per heavy atom. The predicted molar refractivity (Wildman–Crippen MR) is 73.8 cm³/mol. The zero-order valence-corrected chi connectivity index (χ0v) is 12.1. The normalized spacial score (nSPS) is 12.0. The van der Waals surface area contributed by atoms with Crippen molar-refractivity contribution in [3.05, 3.63) is 23.3 Å². The molecule has 0 aromatic carbocycles. The monoisotopic (exact) mass is 265 g/mol. The quantitative estimate of drug-likeness (QED) is 0.923. The molecule has 0 spiro atoms. The number of hydrogen-bond donors (Lipinski definition) is 1. The van der Waals surface area contributed by atoms with Crippen molar-refractivity contribution in [3.8, 4) is 10.6 Å². The van der Waals surface area contributed by atoms with Crippen LogP contribution in [0.15, 0.2) is 16.1 Å². The Morgan fingerprint density at radius 1 is 1.33 bits per heavy atom. The Bertz CT molecular complexity index is 510. The number of aryl methyl sites for hydroxylation is 1. The highest BCUT2D eigenvalue weighted by Crippen LogP contribution is 2.27. The first-order valence-electron chi connectivity index (χ1n) is 6.06. The topological polar surface area (TPSA) is 51.0 Å². The summed E-state index contributed by atoms with van der Waals surface area (Å²) in [6.07, 6.45) is 2.59. The van der Waals surface area contributed by atoms with Crippen LogP contribution in [0.25, 0.3) is 10.6 Å². The van der Waals surface area contributed by atoms with Crippen LogP contribution in [-0.2, 0) is 6.42 Å². The second kappa shape index (κ2) is 5.20. The third kappa shape index (κ3) is 3.40. The molecule has 18 heavy (non-hydrogen) atoms. The average molecular weight is 265 g/mol. The van der Waals surface area contributed by atoms with E-state index in [9.17, 15) is 0 Å². The lowest BCUT2D eigenvalue weighted by atomic mass is 10.1. The van der Waals surface area contributed by atoms with E-state index in [2.05, 4.69) is 36.1 Å². The fourth-order valence-corrected chi connectivity index (χ4v) is 2.36. The van der Waals surface area contributed by atoms with Gasteiger partial charge in [-0.15, -0.1) is 11.3 Å². The number of thiazole rings is 1. The summed E-state index contributed by atoms with van der Waals surface area (Å²) >= 11 is 1.58. The number of hydrogen-bond acceptors (Lipinski definition) is 5. The molecule has 0 bridgehead atoms. The third-order valence-corrected chi connectivity index (χ3v) is 3.46. The van der Waals surface area contributed by atoms with Crippen LogP contribution in [0.3, 0.4) is 0 Å². The van der Waals surface area contributed by atoms with E-state index >= 15 is 0 Å². The highest BCUT2D eigenvalue weighted by atomic mass is 32.1. The molecule has 0 amide bonds. The molecule has 0 aliphatic heterocycles. The molecule has 0 unspecified atom stereocenters. The molecule has 0 aliphatic rings. The minimum atomic E-state index is 0.129. The van der Waals surface area contributed by atoms with Gasteiger partial charge in [-0.05, 0) is 27.7 Å². The van der Waals surface area contributed by atoms with Crippen molar-refractivity contribution in [1.29, 1.82) is 0 Å². The Balaban J connectivity index is 1.97. The van der Waals surface area contributed by atoms with E-state index in [-0.39, 0.29) is 5.54 Å². The van der Waals surface area contributed by atoms with Crippen molar-refractivity contribution in [3.63, 3.8) is 0 Å².